The summed E-state index contributed by atoms with van der Waals surface area (Å²) in [4.78, 5) is 11.5. The van der Waals surface area contributed by atoms with Crippen molar-refractivity contribution in [3.63, 3.8) is 0 Å². The van der Waals surface area contributed by atoms with Gasteiger partial charge < -0.3 is 15.6 Å². The standard InChI is InChI=1S/C13H19NO3/c14-12(8-4-5-9-15)13(16)17-10-11-6-2-1-3-7-11/h1-3,6-7,12,15H,4-5,8-10,14H2/t12-/m0/s1. The van der Waals surface area contributed by atoms with Gasteiger partial charge in [0, 0.05) is 6.61 Å². The van der Waals surface area contributed by atoms with E-state index in [0.29, 0.717) is 12.8 Å². The third-order valence-corrected chi connectivity index (χ3v) is 2.45. The number of esters is 1. The predicted molar refractivity (Wildman–Crippen MR) is 65.2 cm³/mol. The number of nitrogens with two attached hydrogens (primary N) is 1. The van der Waals surface area contributed by atoms with Crippen molar-refractivity contribution in [3.8, 4) is 0 Å². The van der Waals surface area contributed by atoms with Gasteiger partial charge in [0.1, 0.15) is 12.6 Å². The molecule has 0 aromatic heterocycles. The molecule has 3 N–H and O–H groups in total. The maximum Gasteiger partial charge on any atom is 0.323 e. The summed E-state index contributed by atoms with van der Waals surface area (Å²) in [5.74, 6) is -0.383. The van der Waals surface area contributed by atoms with Crippen molar-refractivity contribution in [2.24, 2.45) is 5.73 Å². The first-order chi connectivity index (χ1) is 8.24. The van der Waals surface area contributed by atoms with Gasteiger partial charge in [0.15, 0.2) is 0 Å². The lowest BCUT2D eigenvalue weighted by atomic mass is 10.1. The van der Waals surface area contributed by atoms with Crippen LogP contribution < -0.4 is 5.73 Å². The molecular weight excluding hydrogens is 218 g/mol. The van der Waals surface area contributed by atoms with Gasteiger partial charge in [0.05, 0.1) is 0 Å². The first-order valence-corrected chi connectivity index (χ1v) is 5.81. The van der Waals surface area contributed by atoms with Gasteiger partial charge in [-0.1, -0.05) is 30.3 Å². The molecule has 0 saturated heterocycles. The highest BCUT2D eigenvalue weighted by Gasteiger charge is 2.14. The van der Waals surface area contributed by atoms with Crippen molar-refractivity contribution < 1.29 is 14.6 Å². The SMILES string of the molecule is N[C@@H](CCCCO)C(=O)OCc1ccccc1. The molecule has 0 heterocycles. The molecule has 0 aliphatic rings. The number of aliphatic hydroxyl groups excluding tert-OH is 1. The second kappa shape index (κ2) is 7.81. The molecular formula is C13H19NO3. The average molecular weight is 237 g/mol. The molecule has 17 heavy (non-hydrogen) atoms. The summed E-state index contributed by atoms with van der Waals surface area (Å²) in [6, 6.07) is 8.89. The maximum atomic E-state index is 11.5. The Balaban J connectivity index is 2.24. The van der Waals surface area contributed by atoms with E-state index in [1.807, 2.05) is 30.3 Å². The Hall–Kier alpha value is -1.39. The first kappa shape index (κ1) is 13.7. The lowest BCUT2D eigenvalue weighted by Crippen LogP contribution is -2.32. The van der Waals surface area contributed by atoms with Crippen molar-refractivity contribution >= 4 is 5.97 Å². The molecule has 94 valence electrons. The van der Waals surface area contributed by atoms with Crippen LogP contribution in [0.2, 0.25) is 0 Å². The van der Waals surface area contributed by atoms with Gasteiger partial charge in [-0.3, -0.25) is 4.79 Å². The largest absolute Gasteiger partial charge is 0.460 e. The Labute approximate surface area is 101 Å². The van der Waals surface area contributed by atoms with E-state index in [0.717, 1.165) is 12.0 Å². The summed E-state index contributed by atoms with van der Waals surface area (Å²) in [7, 11) is 0. The lowest BCUT2D eigenvalue weighted by Gasteiger charge is -2.11. The van der Waals surface area contributed by atoms with Crippen molar-refractivity contribution in [1.29, 1.82) is 0 Å². The van der Waals surface area contributed by atoms with Crippen LogP contribution >= 0.6 is 0 Å². The molecule has 0 saturated carbocycles. The third-order valence-electron chi connectivity index (χ3n) is 2.45. The molecule has 0 bridgehead atoms. The molecule has 0 aliphatic heterocycles. The van der Waals surface area contributed by atoms with Crippen LogP contribution in [0, 0.1) is 0 Å². The Bertz CT molecular complexity index is 327. The highest BCUT2D eigenvalue weighted by molar-refractivity contribution is 5.75. The number of carbonyl (C=O) groups is 1. The van der Waals surface area contributed by atoms with Gasteiger partial charge in [-0.25, -0.2) is 0 Å². The Morgan fingerprint density at radius 2 is 2.00 bits per heavy atom. The lowest BCUT2D eigenvalue weighted by molar-refractivity contribution is -0.146. The summed E-state index contributed by atoms with van der Waals surface area (Å²) in [5, 5.41) is 8.61. The zero-order valence-corrected chi connectivity index (χ0v) is 9.84. The van der Waals surface area contributed by atoms with E-state index in [9.17, 15) is 4.79 Å². The molecule has 0 aliphatic carbocycles. The summed E-state index contributed by atoms with van der Waals surface area (Å²) >= 11 is 0. The molecule has 1 rings (SSSR count). The minimum atomic E-state index is -0.592. The fourth-order valence-electron chi connectivity index (χ4n) is 1.43. The smallest absolute Gasteiger partial charge is 0.323 e. The summed E-state index contributed by atoms with van der Waals surface area (Å²) < 4.78 is 5.09. The van der Waals surface area contributed by atoms with Crippen LogP contribution in [0.3, 0.4) is 0 Å². The van der Waals surface area contributed by atoms with Gasteiger partial charge >= 0.3 is 5.97 Å². The summed E-state index contributed by atoms with van der Waals surface area (Å²) in [5.41, 5.74) is 6.61. The quantitative estimate of drug-likeness (QED) is 0.552. The maximum absolute atomic E-state index is 11.5. The second-order valence-corrected chi connectivity index (χ2v) is 3.92. The molecule has 0 spiro atoms. The molecule has 0 unspecified atom stereocenters. The van der Waals surface area contributed by atoms with Crippen molar-refractivity contribution in [2.45, 2.75) is 31.9 Å². The van der Waals surface area contributed by atoms with Gasteiger partial charge in [-0.15, -0.1) is 0 Å². The van der Waals surface area contributed by atoms with E-state index in [4.69, 9.17) is 15.6 Å². The van der Waals surface area contributed by atoms with Gasteiger partial charge in [0.2, 0.25) is 0 Å². The highest BCUT2D eigenvalue weighted by Crippen LogP contribution is 2.04. The van der Waals surface area contributed by atoms with E-state index >= 15 is 0 Å². The average Bonchev–Trinajstić information content (AvgIpc) is 2.37. The van der Waals surface area contributed by atoms with E-state index in [1.54, 1.807) is 0 Å². The molecule has 1 aromatic carbocycles. The molecule has 1 aromatic rings. The number of rotatable bonds is 7. The third kappa shape index (κ3) is 5.47. The van der Waals surface area contributed by atoms with E-state index in [2.05, 4.69) is 0 Å². The molecule has 0 fully saturated rings. The van der Waals surface area contributed by atoms with Crippen molar-refractivity contribution in [1.82, 2.24) is 0 Å². The molecule has 0 radical (unpaired) electrons. The molecule has 4 heteroatoms. The normalized spacial score (nSPS) is 12.1. The van der Waals surface area contributed by atoms with Crippen LogP contribution in [0.5, 0.6) is 0 Å². The topological polar surface area (TPSA) is 72.5 Å². The van der Waals surface area contributed by atoms with E-state index < -0.39 is 6.04 Å². The number of aliphatic hydroxyl groups is 1. The van der Waals surface area contributed by atoms with Crippen LogP contribution in [0.15, 0.2) is 30.3 Å². The fourth-order valence-corrected chi connectivity index (χ4v) is 1.43. The van der Waals surface area contributed by atoms with Gasteiger partial charge in [-0.2, -0.15) is 0 Å². The first-order valence-electron chi connectivity index (χ1n) is 5.81. The zero-order chi connectivity index (χ0) is 12.5. The zero-order valence-electron chi connectivity index (χ0n) is 9.84. The van der Waals surface area contributed by atoms with Crippen LogP contribution in [0.1, 0.15) is 24.8 Å². The summed E-state index contributed by atoms with van der Waals surface area (Å²) in [6.07, 6.45) is 1.95. The van der Waals surface area contributed by atoms with E-state index in [1.165, 1.54) is 0 Å². The Kier molecular flexibility index (Phi) is 6.29. The van der Waals surface area contributed by atoms with Gasteiger partial charge in [-0.05, 0) is 24.8 Å². The predicted octanol–water partition coefficient (Wildman–Crippen LogP) is 1.22. The molecule has 0 amide bonds. The second-order valence-electron chi connectivity index (χ2n) is 3.92. The Morgan fingerprint density at radius 1 is 1.29 bits per heavy atom. The van der Waals surface area contributed by atoms with Crippen molar-refractivity contribution in [3.05, 3.63) is 35.9 Å². The van der Waals surface area contributed by atoms with Gasteiger partial charge in [0.25, 0.3) is 0 Å². The number of hydrogen-bond acceptors (Lipinski definition) is 4. The minimum absolute atomic E-state index is 0.131. The number of ether oxygens (including phenoxy) is 1. The van der Waals surface area contributed by atoms with E-state index in [-0.39, 0.29) is 19.2 Å². The van der Waals surface area contributed by atoms with Crippen LogP contribution in [-0.2, 0) is 16.1 Å². The minimum Gasteiger partial charge on any atom is -0.460 e. The van der Waals surface area contributed by atoms with Crippen molar-refractivity contribution in [2.75, 3.05) is 6.61 Å². The van der Waals surface area contributed by atoms with Crippen LogP contribution in [0.4, 0.5) is 0 Å². The molecule has 4 nitrogen and oxygen atoms in total. The highest BCUT2D eigenvalue weighted by atomic mass is 16.5. The van der Waals surface area contributed by atoms with Crippen LogP contribution in [0.25, 0.3) is 0 Å². The number of benzene rings is 1. The number of unbranched alkanes of at least 4 members (excludes halogenated alkanes) is 1. The number of carbonyl (C=O) groups excluding carboxylic acids is 1. The summed E-state index contributed by atoms with van der Waals surface area (Å²) in [6.45, 7) is 0.388. The molecule has 1 atom stereocenters. The fraction of sp³-hybridized carbons (Fsp3) is 0.462. The number of hydrogen-bond donors (Lipinski definition) is 2. The monoisotopic (exact) mass is 237 g/mol. The van der Waals surface area contributed by atoms with Crippen LogP contribution in [-0.4, -0.2) is 23.7 Å². The Morgan fingerprint density at radius 3 is 2.65 bits per heavy atom.